The molecule has 1 saturated carbocycles. The molecule has 0 N–H and O–H groups in total. The highest BCUT2D eigenvalue weighted by molar-refractivity contribution is 5.91. The lowest BCUT2D eigenvalue weighted by molar-refractivity contribution is 0.0405. The molecule has 6 heteroatoms. The van der Waals surface area contributed by atoms with Gasteiger partial charge in [-0.2, -0.15) is 0 Å². The van der Waals surface area contributed by atoms with E-state index in [9.17, 15) is 9.59 Å². The Balaban J connectivity index is 1.41. The Labute approximate surface area is 173 Å². The van der Waals surface area contributed by atoms with E-state index in [1.54, 1.807) is 6.92 Å². The molecule has 3 fully saturated rings. The van der Waals surface area contributed by atoms with Gasteiger partial charge in [0, 0.05) is 37.9 Å². The third kappa shape index (κ3) is 5.28. The highest BCUT2D eigenvalue weighted by Gasteiger charge is 2.31. The van der Waals surface area contributed by atoms with Crippen molar-refractivity contribution in [1.82, 2.24) is 9.80 Å². The maximum Gasteiger partial charge on any atom is 0.289 e. The number of piperidine rings is 1. The van der Waals surface area contributed by atoms with Gasteiger partial charge in [-0.25, -0.2) is 0 Å². The number of amides is 1. The lowest BCUT2D eigenvalue weighted by Crippen LogP contribution is -2.45. The van der Waals surface area contributed by atoms with Crippen molar-refractivity contribution in [3.05, 3.63) is 33.9 Å². The SMILES string of the molecule is Cc1cc(=O)cc(C(=O)N(CC2CCN(C3CCCC3)CC2)CC2CCCO2)o1. The lowest BCUT2D eigenvalue weighted by atomic mass is 9.94. The second-order valence-electron chi connectivity index (χ2n) is 9.03. The van der Waals surface area contributed by atoms with Crippen LogP contribution in [0.25, 0.3) is 0 Å². The first-order chi connectivity index (χ1) is 14.1. The van der Waals surface area contributed by atoms with Gasteiger partial charge < -0.3 is 19.0 Å². The molecule has 0 radical (unpaired) electrons. The van der Waals surface area contributed by atoms with Crippen LogP contribution in [-0.4, -0.2) is 60.6 Å². The lowest BCUT2D eigenvalue weighted by Gasteiger charge is -2.38. The van der Waals surface area contributed by atoms with Crippen LogP contribution < -0.4 is 5.43 Å². The van der Waals surface area contributed by atoms with Gasteiger partial charge in [-0.3, -0.25) is 9.59 Å². The van der Waals surface area contributed by atoms with E-state index < -0.39 is 0 Å². The standard InChI is InChI=1S/C23H34N2O4/c1-17-13-20(26)14-22(29-17)23(27)25(16-21-7-4-12-28-21)15-18-8-10-24(11-9-18)19-5-2-3-6-19/h13-14,18-19,21H,2-12,15-16H2,1H3. The summed E-state index contributed by atoms with van der Waals surface area (Å²) in [5.74, 6) is 0.938. The summed E-state index contributed by atoms with van der Waals surface area (Å²) in [7, 11) is 0. The monoisotopic (exact) mass is 402 g/mol. The van der Waals surface area contributed by atoms with Crippen molar-refractivity contribution < 1.29 is 13.9 Å². The molecule has 0 spiro atoms. The summed E-state index contributed by atoms with van der Waals surface area (Å²) in [4.78, 5) is 29.6. The predicted molar refractivity (Wildman–Crippen MR) is 111 cm³/mol. The molecule has 2 aliphatic heterocycles. The van der Waals surface area contributed by atoms with Gasteiger partial charge in [0.05, 0.1) is 6.10 Å². The van der Waals surface area contributed by atoms with E-state index in [-0.39, 0.29) is 23.2 Å². The minimum absolute atomic E-state index is 0.0917. The van der Waals surface area contributed by atoms with Crippen molar-refractivity contribution in [3.63, 3.8) is 0 Å². The Kier molecular flexibility index (Phi) is 6.70. The number of hydrogen-bond acceptors (Lipinski definition) is 5. The van der Waals surface area contributed by atoms with Gasteiger partial charge in [0.2, 0.25) is 0 Å². The molecule has 29 heavy (non-hydrogen) atoms. The average molecular weight is 403 g/mol. The van der Waals surface area contributed by atoms with Crippen molar-refractivity contribution in [2.24, 2.45) is 5.92 Å². The fourth-order valence-electron chi connectivity index (χ4n) is 5.22. The molecule has 0 bridgehead atoms. The number of aryl methyl sites for hydroxylation is 1. The van der Waals surface area contributed by atoms with Gasteiger partial charge in [-0.15, -0.1) is 0 Å². The third-order valence-corrected chi connectivity index (χ3v) is 6.80. The highest BCUT2D eigenvalue weighted by Crippen LogP contribution is 2.28. The largest absolute Gasteiger partial charge is 0.456 e. The van der Waals surface area contributed by atoms with Gasteiger partial charge in [-0.1, -0.05) is 12.8 Å². The molecular formula is C23H34N2O4. The molecule has 1 aromatic rings. The van der Waals surface area contributed by atoms with Crippen molar-refractivity contribution in [3.8, 4) is 0 Å². The van der Waals surface area contributed by atoms with Gasteiger partial charge in [0.25, 0.3) is 5.91 Å². The summed E-state index contributed by atoms with van der Waals surface area (Å²) in [6.45, 7) is 6.05. The number of hydrogen-bond donors (Lipinski definition) is 0. The minimum Gasteiger partial charge on any atom is -0.456 e. The van der Waals surface area contributed by atoms with E-state index in [2.05, 4.69) is 4.90 Å². The van der Waals surface area contributed by atoms with Crippen LogP contribution in [0.5, 0.6) is 0 Å². The number of rotatable bonds is 6. The Morgan fingerprint density at radius 3 is 2.48 bits per heavy atom. The molecule has 1 aliphatic carbocycles. The Morgan fingerprint density at radius 2 is 1.83 bits per heavy atom. The zero-order valence-electron chi connectivity index (χ0n) is 17.6. The molecule has 2 saturated heterocycles. The summed E-state index contributed by atoms with van der Waals surface area (Å²) in [5, 5.41) is 0. The van der Waals surface area contributed by atoms with Gasteiger partial charge in [0.1, 0.15) is 5.76 Å². The maximum atomic E-state index is 13.2. The Morgan fingerprint density at radius 1 is 1.07 bits per heavy atom. The van der Waals surface area contributed by atoms with Crippen molar-refractivity contribution >= 4 is 5.91 Å². The summed E-state index contributed by atoms with van der Waals surface area (Å²) >= 11 is 0. The second kappa shape index (κ2) is 9.43. The quantitative estimate of drug-likeness (QED) is 0.731. The van der Waals surface area contributed by atoms with Crippen LogP contribution in [0.3, 0.4) is 0 Å². The molecule has 1 amide bonds. The molecule has 3 aliphatic rings. The predicted octanol–water partition coefficient (Wildman–Crippen LogP) is 3.22. The van der Waals surface area contributed by atoms with E-state index in [1.165, 1.54) is 37.8 Å². The van der Waals surface area contributed by atoms with Crippen molar-refractivity contribution in [2.45, 2.75) is 70.4 Å². The van der Waals surface area contributed by atoms with Crippen LogP contribution in [-0.2, 0) is 4.74 Å². The molecular weight excluding hydrogens is 368 g/mol. The smallest absolute Gasteiger partial charge is 0.289 e. The summed E-state index contributed by atoms with van der Waals surface area (Å²) in [6.07, 6.45) is 9.82. The zero-order valence-corrected chi connectivity index (χ0v) is 17.6. The number of carbonyl (C=O) groups is 1. The Hall–Kier alpha value is -1.66. The van der Waals surface area contributed by atoms with E-state index in [1.807, 2.05) is 4.90 Å². The highest BCUT2D eigenvalue weighted by atomic mass is 16.5. The van der Waals surface area contributed by atoms with Crippen LogP contribution in [0.15, 0.2) is 21.3 Å². The Bertz CT molecular complexity index is 741. The normalized spacial score (nSPS) is 24.2. The van der Waals surface area contributed by atoms with E-state index in [0.717, 1.165) is 58.0 Å². The molecule has 0 aromatic carbocycles. The number of likely N-dealkylation sites (tertiary alicyclic amines) is 1. The zero-order chi connectivity index (χ0) is 20.2. The number of carbonyl (C=O) groups excluding carboxylic acids is 1. The minimum atomic E-state index is -0.181. The first-order valence-corrected chi connectivity index (χ1v) is 11.4. The van der Waals surface area contributed by atoms with Crippen molar-refractivity contribution in [2.75, 3.05) is 32.8 Å². The molecule has 160 valence electrons. The topological polar surface area (TPSA) is 63.0 Å². The van der Waals surface area contributed by atoms with Crippen molar-refractivity contribution in [1.29, 1.82) is 0 Å². The van der Waals surface area contributed by atoms with Crippen LogP contribution >= 0.6 is 0 Å². The average Bonchev–Trinajstić information content (AvgIpc) is 3.41. The molecule has 1 atom stereocenters. The number of ether oxygens (including phenoxy) is 1. The van der Waals surface area contributed by atoms with Gasteiger partial charge in [-0.05, 0) is 64.5 Å². The van der Waals surface area contributed by atoms with Crippen LogP contribution in [0.2, 0.25) is 0 Å². The second-order valence-corrected chi connectivity index (χ2v) is 9.03. The maximum absolute atomic E-state index is 13.2. The molecule has 1 unspecified atom stereocenters. The fourth-order valence-corrected chi connectivity index (χ4v) is 5.22. The number of nitrogens with zero attached hydrogens (tertiary/aromatic N) is 2. The van der Waals surface area contributed by atoms with E-state index in [0.29, 0.717) is 18.2 Å². The summed E-state index contributed by atoms with van der Waals surface area (Å²) in [6, 6.07) is 3.52. The van der Waals surface area contributed by atoms with E-state index in [4.69, 9.17) is 9.15 Å². The molecule has 1 aromatic heterocycles. The molecule has 4 rings (SSSR count). The van der Waals surface area contributed by atoms with E-state index >= 15 is 0 Å². The third-order valence-electron chi connectivity index (χ3n) is 6.80. The molecule has 6 nitrogen and oxygen atoms in total. The van der Waals surface area contributed by atoms with Gasteiger partial charge >= 0.3 is 0 Å². The first-order valence-electron chi connectivity index (χ1n) is 11.4. The van der Waals surface area contributed by atoms with Gasteiger partial charge in [0.15, 0.2) is 11.2 Å². The summed E-state index contributed by atoms with van der Waals surface area (Å²) in [5.41, 5.74) is -0.181. The van der Waals surface area contributed by atoms with Crippen LogP contribution in [0, 0.1) is 12.8 Å². The summed E-state index contributed by atoms with van der Waals surface area (Å²) < 4.78 is 11.4. The van der Waals surface area contributed by atoms with Crippen LogP contribution in [0.4, 0.5) is 0 Å². The fraction of sp³-hybridized carbons (Fsp3) is 0.739. The van der Waals surface area contributed by atoms with Crippen LogP contribution in [0.1, 0.15) is 67.7 Å². The first kappa shape index (κ1) is 20.6. The molecule has 3 heterocycles.